The van der Waals surface area contributed by atoms with E-state index in [0.717, 1.165) is 15.8 Å². The number of rotatable bonds is 9. The molecule has 2 aromatic rings. The van der Waals surface area contributed by atoms with Crippen LogP contribution in [0.2, 0.25) is 0 Å². The maximum absolute atomic E-state index is 12.8. The van der Waals surface area contributed by atoms with Gasteiger partial charge in [0.2, 0.25) is 0 Å². The molecule has 0 unspecified atom stereocenters. The van der Waals surface area contributed by atoms with Gasteiger partial charge in [-0.3, -0.25) is 9.59 Å². The minimum absolute atomic E-state index is 0.182. The summed E-state index contributed by atoms with van der Waals surface area (Å²) in [5.74, 6) is -0.678. The van der Waals surface area contributed by atoms with Crippen molar-refractivity contribution >= 4 is 50.1 Å². The highest BCUT2D eigenvalue weighted by Crippen LogP contribution is 2.34. The summed E-state index contributed by atoms with van der Waals surface area (Å²) in [4.78, 5) is 39.9. The van der Waals surface area contributed by atoms with Gasteiger partial charge < -0.3 is 19.7 Å². The van der Waals surface area contributed by atoms with E-state index in [2.05, 4.69) is 21.2 Å². The third-order valence-corrected chi connectivity index (χ3v) is 6.17. The average molecular weight is 497 g/mol. The lowest BCUT2D eigenvalue weighted by molar-refractivity contribution is -0.118. The number of thiophene rings is 1. The van der Waals surface area contributed by atoms with Gasteiger partial charge in [0.05, 0.1) is 21.5 Å². The Morgan fingerprint density at radius 2 is 1.80 bits per heavy atom. The number of ether oxygens (including phenoxy) is 2. The number of nitrogens with one attached hydrogen (secondary N) is 1. The van der Waals surface area contributed by atoms with Crippen LogP contribution in [0, 0.1) is 6.92 Å². The number of carbonyl (C=O) groups excluding carboxylic acids is 3. The van der Waals surface area contributed by atoms with E-state index in [1.807, 2.05) is 19.9 Å². The summed E-state index contributed by atoms with van der Waals surface area (Å²) in [5, 5.41) is 2.98. The molecule has 0 aliphatic rings. The summed E-state index contributed by atoms with van der Waals surface area (Å²) in [5.41, 5.74) is 0.698. The van der Waals surface area contributed by atoms with Crippen molar-refractivity contribution < 1.29 is 23.9 Å². The number of anilines is 1. The first kappa shape index (κ1) is 23.9. The first-order valence-corrected chi connectivity index (χ1v) is 11.2. The van der Waals surface area contributed by atoms with Crippen LogP contribution in [0.1, 0.15) is 46.4 Å². The van der Waals surface area contributed by atoms with Crippen molar-refractivity contribution in [3.05, 3.63) is 44.7 Å². The minimum atomic E-state index is -0.577. The van der Waals surface area contributed by atoms with Gasteiger partial charge in [0.15, 0.2) is 6.61 Å². The van der Waals surface area contributed by atoms with Crippen LogP contribution in [0.4, 0.5) is 5.00 Å². The lowest BCUT2D eigenvalue weighted by atomic mass is 10.1. The van der Waals surface area contributed by atoms with Gasteiger partial charge in [-0.05, 0) is 61.3 Å². The lowest BCUT2D eigenvalue weighted by Gasteiger charge is -2.18. The van der Waals surface area contributed by atoms with Gasteiger partial charge in [-0.15, -0.1) is 11.3 Å². The van der Waals surface area contributed by atoms with E-state index in [0.29, 0.717) is 29.3 Å². The smallest absolute Gasteiger partial charge is 0.341 e. The Hall–Kier alpha value is -2.39. The summed E-state index contributed by atoms with van der Waals surface area (Å²) in [6.07, 6.45) is 0. The van der Waals surface area contributed by atoms with E-state index in [4.69, 9.17) is 9.47 Å². The predicted octanol–water partition coefficient (Wildman–Crippen LogP) is 4.50. The maximum atomic E-state index is 12.8. The maximum Gasteiger partial charge on any atom is 0.341 e. The zero-order chi connectivity index (χ0) is 22.3. The Morgan fingerprint density at radius 3 is 2.40 bits per heavy atom. The van der Waals surface area contributed by atoms with Crippen LogP contribution in [-0.2, 0) is 9.53 Å². The summed E-state index contributed by atoms with van der Waals surface area (Å²) in [6, 6.07) is 7.17. The number of esters is 1. The topological polar surface area (TPSA) is 84.9 Å². The fourth-order valence-electron chi connectivity index (χ4n) is 2.78. The number of para-hydroxylation sites is 1. The zero-order valence-electron chi connectivity index (χ0n) is 17.4. The molecule has 30 heavy (non-hydrogen) atoms. The molecule has 1 heterocycles. The molecule has 0 aliphatic carbocycles. The van der Waals surface area contributed by atoms with Crippen molar-refractivity contribution in [1.29, 1.82) is 0 Å². The Kier molecular flexibility index (Phi) is 8.86. The van der Waals surface area contributed by atoms with Gasteiger partial charge in [0, 0.05) is 13.1 Å². The Morgan fingerprint density at radius 1 is 1.13 bits per heavy atom. The highest BCUT2D eigenvalue weighted by molar-refractivity contribution is 9.10. The van der Waals surface area contributed by atoms with Crippen LogP contribution in [0.15, 0.2) is 28.7 Å². The quantitative estimate of drug-likeness (QED) is 0.516. The second-order valence-electron chi connectivity index (χ2n) is 6.23. The van der Waals surface area contributed by atoms with Crippen molar-refractivity contribution in [2.45, 2.75) is 27.7 Å². The van der Waals surface area contributed by atoms with Crippen molar-refractivity contribution in [2.75, 3.05) is 31.6 Å². The number of carbonyl (C=O) groups is 3. The molecule has 1 aromatic carbocycles. The summed E-state index contributed by atoms with van der Waals surface area (Å²) >= 11 is 4.43. The molecule has 2 rings (SSSR count). The number of benzene rings is 1. The summed E-state index contributed by atoms with van der Waals surface area (Å²) < 4.78 is 11.4. The van der Waals surface area contributed by atoms with E-state index in [1.165, 1.54) is 0 Å². The predicted molar refractivity (Wildman–Crippen MR) is 121 cm³/mol. The second kappa shape index (κ2) is 11.1. The SMILES string of the molecule is CCOC(=O)c1c(NC(=O)COc2ccccc2Br)sc(C(=O)N(CC)CC)c1C. The van der Waals surface area contributed by atoms with E-state index in [-0.39, 0.29) is 29.7 Å². The highest BCUT2D eigenvalue weighted by Gasteiger charge is 2.28. The molecule has 7 nitrogen and oxygen atoms in total. The molecule has 0 radical (unpaired) electrons. The van der Waals surface area contributed by atoms with E-state index < -0.39 is 11.9 Å². The molecule has 0 saturated carbocycles. The molecule has 1 aromatic heterocycles. The largest absolute Gasteiger partial charge is 0.483 e. The fraction of sp³-hybridized carbons (Fsp3) is 0.381. The second-order valence-corrected chi connectivity index (χ2v) is 8.10. The first-order chi connectivity index (χ1) is 14.3. The van der Waals surface area contributed by atoms with Crippen LogP contribution >= 0.6 is 27.3 Å². The summed E-state index contributed by atoms with van der Waals surface area (Å²) in [7, 11) is 0. The van der Waals surface area contributed by atoms with Gasteiger partial charge in [0.25, 0.3) is 11.8 Å². The van der Waals surface area contributed by atoms with Crippen LogP contribution in [0.3, 0.4) is 0 Å². The van der Waals surface area contributed by atoms with E-state index in [9.17, 15) is 14.4 Å². The molecule has 0 aliphatic heterocycles. The number of nitrogens with zero attached hydrogens (tertiary/aromatic N) is 1. The van der Waals surface area contributed by atoms with Gasteiger partial charge >= 0.3 is 5.97 Å². The van der Waals surface area contributed by atoms with Crippen LogP contribution < -0.4 is 10.1 Å². The van der Waals surface area contributed by atoms with E-state index in [1.54, 1.807) is 36.9 Å². The number of amides is 2. The molecule has 9 heteroatoms. The van der Waals surface area contributed by atoms with Crippen molar-refractivity contribution in [2.24, 2.45) is 0 Å². The van der Waals surface area contributed by atoms with Crippen LogP contribution in [-0.4, -0.2) is 49.0 Å². The molecule has 0 spiro atoms. The Balaban J connectivity index is 2.27. The molecule has 162 valence electrons. The standard InChI is InChI=1S/C21H25BrN2O5S/c1-5-24(6-2)20(26)18-13(4)17(21(27)28-7-3)19(30-18)23-16(25)12-29-15-11-9-8-10-14(15)22/h8-11H,5-7,12H2,1-4H3,(H,23,25). The normalized spacial score (nSPS) is 10.4. The third kappa shape index (κ3) is 5.60. The minimum Gasteiger partial charge on any atom is -0.483 e. The first-order valence-electron chi connectivity index (χ1n) is 9.60. The molecular formula is C21H25BrN2O5S. The average Bonchev–Trinajstić information content (AvgIpc) is 3.04. The zero-order valence-corrected chi connectivity index (χ0v) is 19.8. The van der Waals surface area contributed by atoms with Crippen molar-refractivity contribution in [1.82, 2.24) is 4.90 Å². The monoisotopic (exact) mass is 496 g/mol. The number of halogens is 1. The number of hydrogen-bond donors (Lipinski definition) is 1. The molecule has 1 N–H and O–H groups in total. The van der Waals surface area contributed by atoms with Crippen molar-refractivity contribution in [3.8, 4) is 5.75 Å². The van der Waals surface area contributed by atoms with Gasteiger partial charge in [0.1, 0.15) is 10.8 Å². The van der Waals surface area contributed by atoms with Gasteiger partial charge in [-0.25, -0.2) is 4.79 Å². The molecule has 0 bridgehead atoms. The van der Waals surface area contributed by atoms with E-state index >= 15 is 0 Å². The highest BCUT2D eigenvalue weighted by atomic mass is 79.9. The fourth-order valence-corrected chi connectivity index (χ4v) is 4.36. The summed E-state index contributed by atoms with van der Waals surface area (Å²) in [6.45, 7) is 8.19. The number of hydrogen-bond acceptors (Lipinski definition) is 6. The molecule has 2 amide bonds. The molecule has 0 saturated heterocycles. The third-order valence-electron chi connectivity index (χ3n) is 4.32. The Bertz CT molecular complexity index is 924. The van der Waals surface area contributed by atoms with Crippen LogP contribution in [0.5, 0.6) is 5.75 Å². The van der Waals surface area contributed by atoms with Gasteiger partial charge in [-0.1, -0.05) is 12.1 Å². The lowest BCUT2D eigenvalue weighted by Crippen LogP contribution is -2.30. The van der Waals surface area contributed by atoms with Gasteiger partial charge in [-0.2, -0.15) is 0 Å². The molecule has 0 atom stereocenters. The molecular weight excluding hydrogens is 472 g/mol. The van der Waals surface area contributed by atoms with Crippen LogP contribution in [0.25, 0.3) is 0 Å². The Labute approximate surface area is 188 Å². The van der Waals surface area contributed by atoms with Crippen molar-refractivity contribution in [3.63, 3.8) is 0 Å². The molecule has 0 fully saturated rings.